The molecule has 0 aliphatic carbocycles. The Morgan fingerprint density at radius 1 is 1.12 bits per heavy atom. The van der Waals surface area contributed by atoms with Crippen molar-refractivity contribution in [3.05, 3.63) is 35.9 Å². The van der Waals surface area contributed by atoms with Gasteiger partial charge in [0, 0.05) is 51.2 Å². The Morgan fingerprint density at radius 2 is 1.69 bits per heavy atom. The van der Waals surface area contributed by atoms with Gasteiger partial charge in [-0.2, -0.15) is 0 Å². The lowest BCUT2D eigenvalue weighted by atomic mass is 10.0. The van der Waals surface area contributed by atoms with Crippen molar-refractivity contribution in [2.24, 2.45) is 5.73 Å². The standard InChI is InChI=1S/C18H30N4O.3ClH/c1-3-21-9-11-22(12-10-21)15(2)14-20-18(23)13-17(19)16-7-5-4-6-8-16;;;/h4-8,15,17H,3,9-14,19H2,1-2H3,(H,20,23);3*1H. The van der Waals surface area contributed by atoms with Gasteiger partial charge in [0.15, 0.2) is 0 Å². The van der Waals surface area contributed by atoms with Gasteiger partial charge < -0.3 is 16.0 Å². The van der Waals surface area contributed by atoms with Gasteiger partial charge in [-0.1, -0.05) is 37.3 Å². The Balaban J connectivity index is 0. The fourth-order valence-corrected chi connectivity index (χ4v) is 3.00. The van der Waals surface area contributed by atoms with Crippen LogP contribution in [0.3, 0.4) is 0 Å². The molecule has 152 valence electrons. The van der Waals surface area contributed by atoms with E-state index >= 15 is 0 Å². The second kappa shape index (κ2) is 14.5. The monoisotopic (exact) mass is 426 g/mol. The number of benzene rings is 1. The first kappa shape index (κ1) is 27.7. The third kappa shape index (κ3) is 8.89. The second-order valence-electron chi connectivity index (χ2n) is 6.34. The van der Waals surface area contributed by atoms with Crippen molar-refractivity contribution in [3.8, 4) is 0 Å². The van der Waals surface area contributed by atoms with E-state index < -0.39 is 0 Å². The molecule has 3 N–H and O–H groups in total. The molecule has 2 atom stereocenters. The zero-order valence-electron chi connectivity index (χ0n) is 15.6. The van der Waals surface area contributed by atoms with Crippen LogP contribution >= 0.6 is 37.2 Å². The number of nitrogens with one attached hydrogen (secondary N) is 1. The van der Waals surface area contributed by atoms with Crippen LogP contribution in [0.25, 0.3) is 0 Å². The molecule has 2 rings (SSSR count). The fraction of sp³-hybridized carbons (Fsp3) is 0.611. The number of carbonyl (C=O) groups is 1. The predicted octanol–water partition coefficient (Wildman–Crippen LogP) is 2.48. The minimum atomic E-state index is -0.236. The highest BCUT2D eigenvalue weighted by Crippen LogP contribution is 2.13. The Labute approximate surface area is 176 Å². The Morgan fingerprint density at radius 3 is 2.23 bits per heavy atom. The Hall–Kier alpha value is -0.560. The minimum Gasteiger partial charge on any atom is -0.354 e. The number of hydrogen-bond donors (Lipinski definition) is 2. The lowest BCUT2D eigenvalue weighted by Gasteiger charge is -2.37. The van der Waals surface area contributed by atoms with E-state index in [1.807, 2.05) is 30.3 Å². The van der Waals surface area contributed by atoms with Crippen LogP contribution in [0.4, 0.5) is 0 Å². The van der Waals surface area contributed by atoms with Gasteiger partial charge in [-0.25, -0.2) is 0 Å². The third-order valence-corrected chi connectivity index (χ3v) is 4.71. The molecule has 1 aliphatic heterocycles. The van der Waals surface area contributed by atoms with Crippen LogP contribution in [0.15, 0.2) is 30.3 Å². The molecule has 0 aromatic heterocycles. The number of nitrogens with two attached hydrogens (primary N) is 1. The average Bonchev–Trinajstić information content (AvgIpc) is 2.60. The molecule has 0 spiro atoms. The molecule has 1 aromatic carbocycles. The zero-order chi connectivity index (χ0) is 16.7. The summed E-state index contributed by atoms with van der Waals surface area (Å²) in [5, 5.41) is 3.03. The van der Waals surface area contributed by atoms with E-state index in [-0.39, 0.29) is 49.2 Å². The van der Waals surface area contributed by atoms with Crippen molar-refractivity contribution in [1.29, 1.82) is 0 Å². The van der Waals surface area contributed by atoms with Crippen LogP contribution < -0.4 is 11.1 Å². The van der Waals surface area contributed by atoms with Crippen molar-refractivity contribution in [2.45, 2.75) is 32.4 Å². The molecule has 1 fully saturated rings. The SMILES string of the molecule is CCN1CCN(C(C)CNC(=O)CC(N)c2ccccc2)CC1.Cl.Cl.Cl. The lowest BCUT2D eigenvalue weighted by molar-refractivity contribution is -0.121. The average molecular weight is 428 g/mol. The number of amides is 1. The molecule has 1 aromatic rings. The Kier molecular flexibility index (Phi) is 15.4. The molecular formula is C18H33Cl3N4O. The number of hydrogen-bond acceptors (Lipinski definition) is 4. The highest BCUT2D eigenvalue weighted by atomic mass is 35.5. The fourth-order valence-electron chi connectivity index (χ4n) is 3.00. The van der Waals surface area contributed by atoms with Crippen LogP contribution in [0.5, 0.6) is 0 Å². The van der Waals surface area contributed by atoms with Crippen molar-refractivity contribution >= 4 is 43.1 Å². The van der Waals surface area contributed by atoms with E-state index in [4.69, 9.17) is 5.73 Å². The molecule has 1 heterocycles. The summed E-state index contributed by atoms with van der Waals surface area (Å²) in [6.07, 6.45) is 0.334. The Bertz CT molecular complexity index is 485. The molecule has 8 heteroatoms. The van der Waals surface area contributed by atoms with Crippen LogP contribution in [-0.2, 0) is 4.79 Å². The number of rotatable bonds is 7. The molecule has 0 bridgehead atoms. The molecule has 26 heavy (non-hydrogen) atoms. The van der Waals surface area contributed by atoms with Crippen LogP contribution in [-0.4, -0.2) is 61.0 Å². The van der Waals surface area contributed by atoms with Gasteiger partial charge in [0.1, 0.15) is 0 Å². The van der Waals surface area contributed by atoms with Gasteiger partial charge in [0.25, 0.3) is 0 Å². The molecule has 2 unspecified atom stereocenters. The van der Waals surface area contributed by atoms with E-state index in [9.17, 15) is 4.79 Å². The van der Waals surface area contributed by atoms with E-state index in [0.29, 0.717) is 19.0 Å². The van der Waals surface area contributed by atoms with Crippen molar-refractivity contribution in [2.75, 3.05) is 39.3 Å². The van der Waals surface area contributed by atoms with E-state index in [2.05, 4.69) is 29.0 Å². The normalized spacial score (nSPS) is 17.0. The summed E-state index contributed by atoms with van der Waals surface area (Å²) >= 11 is 0. The van der Waals surface area contributed by atoms with E-state index in [1.54, 1.807) is 0 Å². The predicted molar refractivity (Wildman–Crippen MR) is 116 cm³/mol. The number of halogens is 3. The van der Waals surface area contributed by atoms with Gasteiger partial charge in [-0.15, -0.1) is 37.2 Å². The van der Waals surface area contributed by atoms with Gasteiger partial charge in [-0.3, -0.25) is 9.69 Å². The molecule has 1 amide bonds. The summed E-state index contributed by atoms with van der Waals surface area (Å²) in [7, 11) is 0. The first-order valence-corrected chi connectivity index (χ1v) is 8.63. The topological polar surface area (TPSA) is 61.6 Å². The van der Waals surface area contributed by atoms with Crippen molar-refractivity contribution in [1.82, 2.24) is 15.1 Å². The number of nitrogens with zero attached hydrogens (tertiary/aromatic N) is 2. The summed E-state index contributed by atoms with van der Waals surface area (Å²) in [4.78, 5) is 17.0. The van der Waals surface area contributed by atoms with Crippen LogP contribution in [0.2, 0.25) is 0 Å². The maximum Gasteiger partial charge on any atom is 0.221 e. The van der Waals surface area contributed by atoms with Crippen LogP contribution in [0, 0.1) is 0 Å². The molecular weight excluding hydrogens is 395 g/mol. The van der Waals surface area contributed by atoms with E-state index in [1.165, 1.54) is 0 Å². The summed E-state index contributed by atoms with van der Waals surface area (Å²) in [5.74, 6) is 0.0281. The first-order chi connectivity index (χ1) is 11.1. The summed E-state index contributed by atoms with van der Waals surface area (Å²) in [6.45, 7) is 10.6. The maximum absolute atomic E-state index is 12.1. The molecule has 1 aliphatic rings. The zero-order valence-corrected chi connectivity index (χ0v) is 18.0. The van der Waals surface area contributed by atoms with E-state index in [0.717, 1.165) is 38.3 Å². The van der Waals surface area contributed by atoms with Crippen molar-refractivity contribution in [3.63, 3.8) is 0 Å². The quantitative estimate of drug-likeness (QED) is 0.702. The molecule has 0 radical (unpaired) electrons. The summed E-state index contributed by atoms with van der Waals surface area (Å²) in [5.41, 5.74) is 7.10. The highest BCUT2D eigenvalue weighted by molar-refractivity contribution is 5.86. The first-order valence-electron chi connectivity index (χ1n) is 8.63. The third-order valence-electron chi connectivity index (χ3n) is 4.71. The van der Waals surface area contributed by atoms with Gasteiger partial charge in [0.05, 0.1) is 0 Å². The highest BCUT2D eigenvalue weighted by Gasteiger charge is 2.20. The lowest BCUT2D eigenvalue weighted by Crippen LogP contribution is -2.52. The molecule has 1 saturated heterocycles. The molecule has 0 saturated carbocycles. The van der Waals surface area contributed by atoms with Gasteiger partial charge in [0.2, 0.25) is 5.91 Å². The molecule has 5 nitrogen and oxygen atoms in total. The summed E-state index contributed by atoms with van der Waals surface area (Å²) in [6, 6.07) is 9.92. The number of likely N-dealkylation sites (N-methyl/N-ethyl adjacent to an activating group) is 1. The maximum atomic E-state index is 12.1. The minimum absolute atomic E-state index is 0. The smallest absolute Gasteiger partial charge is 0.221 e. The largest absolute Gasteiger partial charge is 0.354 e. The van der Waals surface area contributed by atoms with Crippen LogP contribution in [0.1, 0.15) is 31.9 Å². The van der Waals surface area contributed by atoms with Gasteiger partial charge >= 0.3 is 0 Å². The van der Waals surface area contributed by atoms with Gasteiger partial charge in [-0.05, 0) is 19.0 Å². The second-order valence-corrected chi connectivity index (χ2v) is 6.34. The number of piperazine rings is 1. The number of carbonyl (C=O) groups excluding carboxylic acids is 1. The summed E-state index contributed by atoms with van der Waals surface area (Å²) < 4.78 is 0. The van der Waals surface area contributed by atoms with Crippen molar-refractivity contribution < 1.29 is 4.79 Å².